The number of hydrogen-bond acceptors (Lipinski definition) is 4. The molecule has 0 bridgehead atoms. The predicted octanol–water partition coefficient (Wildman–Crippen LogP) is 4.78. The third-order valence-electron chi connectivity index (χ3n) is 4.56. The zero-order valence-corrected chi connectivity index (χ0v) is 18.1. The molecule has 0 unspecified atom stereocenters. The van der Waals surface area contributed by atoms with E-state index in [0.29, 0.717) is 35.3 Å². The van der Waals surface area contributed by atoms with Crippen molar-refractivity contribution in [3.05, 3.63) is 76.8 Å². The Morgan fingerprint density at radius 2 is 1.90 bits per heavy atom. The molecule has 30 heavy (non-hydrogen) atoms. The van der Waals surface area contributed by atoms with Gasteiger partial charge in [-0.3, -0.25) is 4.79 Å². The van der Waals surface area contributed by atoms with Crippen LogP contribution < -0.4 is 14.8 Å². The normalized spacial score (nSPS) is 11.7. The Hall–Kier alpha value is -2.99. The first-order valence-corrected chi connectivity index (χ1v) is 10.3. The molecule has 0 aliphatic heterocycles. The third-order valence-corrected chi connectivity index (χ3v) is 4.81. The fourth-order valence-corrected chi connectivity index (χ4v) is 3.20. The number of aromatic nitrogens is 2. The van der Waals surface area contributed by atoms with Crippen LogP contribution in [0.5, 0.6) is 11.5 Å². The topological polar surface area (TPSA) is 65.4 Å². The number of nitrogens with one attached hydrogen (secondary N) is 1. The van der Waals surface area contributed by atoms with Gasteiger partial charge in [-0.05, 0) is 49.2 Å². The van der Waals surface area contributed by atoms with Gasteiger partial charge in [0, 0.05) is 30.0 Å². The zero-order valence-electron chi connectivity index (χ0n) is 17.4. The van der Waals surface area contributed by atoms with Crippen LogP contribution in [0.3, 0.4) is 0 Å². The van der Waals surface area contributed by atoms with Crippen molar-refractivity contribution in [3.8, 4) is 11.5 Å². The van der Waals surface area contributed by atoms with Gasteiger partial charge in [0.15, 0.2) is 11.5 Å². The number of imidazole rings is 1. The molecule has 6 nitrogen and oxygen atoms in total. The van der Waals surface area contributed by atoms with E-state index in [4.69, 9.17) is 21.1 Å². The van der Waals surface area contributed by atoms with Gasteiger partial charge in [0.1, 0.15) is 11.9 Å². The van der Waals surface area contributed by atoms with Gasteiger partial charge >= 0.3 is 0 Å². The van der Waals surface area contributed by atoms with E-state index in [-0.39, 0.29) is 5.91 Å². The lowest BCUT2D eigenvalue weighted by atomic mass is 10.1. The number of amides is 1. The third kappa shape index (κ3) is 5.13. The second kappa shape index (κ2) is 10.2. The fraction of sp³-hybridized carbons (Fsp3) is 0.304. The maximum atomic E-state index is 13.1. The van der Waals surface area contributed by atoms with Crippen molar-refractivity contribution in [3.63, 3.8) is 0 Å². The molecular weight excluding hydrogens is 402 g/mol. The van der Waals surface area contributed by atoms with Crippen LogP contribution >= 0.6 is 11.6 Å². The summed E-state index contributed by atoms with van der Waals surface area (Å²) in [4.78, 5) is 17.5. The summed E-state index contributed by atoms with van der Waals surface area (Å²) >= 11 is 6.04. The number of hydrogen-bond donors (Lipinski definition) is 1. The number of carbonyl (C=O) groups is 1. The number of rotatable bonds is 9. The molecule has 0 fully saturated rings. The molecule has 0 spiro atoms. The molecule has 0 radical (unpaired) electrons. The van der Waals surface area contributed by atoms with Crippen LogP contribution in [0.15, 0.2) is 54.9 Å². The Morgan fingerprint density at radius 3 is 2.53 bits per heavy atom. The molecule has 2 aromatic carbocycles. The number of ether oxygens (including phenoxy) is 2. The highest BCUT2D eigenvalue weighted by atomic mass is 35.5. The highest BCUT2D eigenvalue weighted by molar-refractivity contribution is 6.30. The minimum atomic E-state index is -0.429. The molecule has 0 aliphatic rings. The van der Waals surface area contributed by atoms with Crippen LogP contribution in [0.2, 0.25) is 5.02 Å². The fourth-order valence-electron chi connectivity index (χ4n) is 3.07. The summed E-state index contributed by atoms with van der Waals surface area (Å²) in [6.45, 7) is 5.00. The van der Waals surface area contributed by atoms with Crippen molar-refractivity contribution in [1.29, 1.82) is 0 Å². The average molecular weight is 428 g/mol. The minimum absolute atomic E-state index is 0.235. The lowest BCUT2D eigenvalue weighted by Crippen LogP contribution is -2.31. The van der Waals surface area contributed by atoms with Gasteiger partial charge < -0.3 is 19.4 Å². The Bertz CT molecular complexity index is 986. The summed E-state index contributed by atoms with van der Waals surface area (Å²) < 4.78 is 13.3. The molecule has 1 atom stereocenters. The molecule has 3 rings (SSSR count). The van der Waals surface area contributed by atoms with E-state index in [1.807, 2.05) is 43.8 Å². The molecule has 158 valence electrons. The van der Waals surface area contributed by atoms with E-state index in [0.717, 1.165) is 17.8 Å². The van der Waals surface area contributed by atoms with Gasteiger partial charge in [0.25, 0.3) is 5.91 Å². The molecule has 7 heteroatoms. The highest BCUT2D eigenvalue weighted by Gasteiger charge is 2.22. The summed E-state index contributed by atoms with van der Waals surface area (Å²) in [5.74, 6) is 1.67. The Labute approximate surface area is 181 Å². The van der Waals surface area contributed by atoms with E-state index in [2.05, 4.69) is 10.3 Å². The quantitative estimate of drug-likeness (QED) is 0.533. The standard InChI is InChI=1S/C23H26ClN3O3/c1-4-14-30-19-11-8-17(15-20(19)29-5-2)23(28)26-21(22-25-12-13-27(22)3)16-6-9-18(24)10-7-16/h6-13,15,21H,4-5,14H2,1-3H3,(H,26,28)/t21-/m0/s1. The first-order valence-electron chi connectivity index (χ1n) is 9.96. The van der Waals surface area contributed by atoms with Crippen molar-refractivity contribution < 1.29 is 14.3 Å². The van der Waals surface area contributed by atoms with Gasteiger partial charge in [0.05, 0.1) is 13.2 Å². The van der Waals surface area contributed by atoms with Gasteiger partial charge in [-0.15, -0.1) is 0 Å². The minimum Gasteiger partial charge on any atom is -0.490 e. The summed E-state index contributed by atoms with van der Waals surface area (Å²) in [5.41, 5.74) is 1.37. The molecule has 0 saturated heterocycles. The van der Waals surface area contributed by atoms with Crippen molar-refractivity contribution >= 4 is 17.5 Å². The number of aryl methyl sites for hydroxylation is 1. The summed E-state index contributed by atoms with van der Waals surface area (Å²) in [6, 6.07) is 12.2. The summed E-state index contributed by atoms with van der Waals surface area (Å²) in [6.07, 6.45) is 4.44. The molecule has 1 heterocycles. The lowest BCUT2D eigenvalue weighted by Gasteiger charge is -2.20. The number of nitrogens with zero attached hydrogens (tertiary/aromatic N) is 2. The second-order valence-electron chi connectivity index (χ2n) is 6.80. The maximum absolute atomic E-state index is 13.1. The van der Waals surface area contributed by atoms with Gasteiger partial charge in [-0.25, -0.2) is 4.98 Å². The molecule has 1 amide bonds. The predicted molar refractivity (Wildman–Crippen MR) is 117 cm³/mol. The van der Waals surface area contributed by atoms with Gasteiger partial charge in [0.2, 0.25) is 0 Å². The summed E-state index contributed by atoms with van der Waals surface area (Å²) in [5, 5.41) is 3.71. The smallest absolute Gasteiger partial charge is 0.252 e. The zero-order chi connectivity index (χ0) is 21.5. The van der Waals surface area contributed by atoms with Crippen LogP contribution in [0.25, 0.3) is 0 Å². The van der Waals surface area contributed by atoms with Crippen LogP contribution in [-0.2, 0) is 7.05 Å². The summed E-state index contributed by atoms with van der Waals surface area (Å²) in [7, 11) is 1.89. The number of carbonyl (C=O) groups excluding carboxylic acids is 1. The molecule has 3 aromatic rings. The molecule has 0 aliphatic carbocycles. The average Bonchev–Trinajstić information content (AvgIpc) is 3.17. The van der Waals surface area contributed by atoms with Crippen LogP contribution in [0, 0.1) is 0 Å². The second-order valence-corrected chi connectivity index (χ2v) is 7.23. The van der Waals surface area contributed by atoms with E-state index in [1.54, 1.807) is 36.5 Å². The molecule has 1 N–H and O–H groups in total. The Morgan fingerprint density at radius 1 is 1.13 bits per heavy atom. The van der Waals surface area contributed by atoms with Gasteiger partial charge in [-0.1, -0.05) is 30.7 Å². The van der Waals surface area contributed by atoms with Crippen LogP contribution in [0.1, 0.15) is 48.1 Å². The maximum Gasteiger partial charge on any atom is 0.252 e. The van der Waals surface area contributed by atoms with Crippen molar-refractivity contribution in [2.75, 3.05) is 13.2 Å². The Balaban J connectivity index is 1.89. The molecule has 0 saturated carbocycles. The van der Waals surface area contributed by atoms with Crippen molar-refractivity contribution in [2.45, 2.75) is 26.3 Å². The SMILES string of the molecule is CCCOc1ccc(C(=O)N[C@@H](c2ccc(Cl)cc2)c2nccn2C)cc1OCC. The van der Waals surface area contributed by atoms with E-state index in [1.165, 1.54) is 0 Å². The Kier molecular flexibility index (Phi) is 7.36. The highest BCUT2D eigenvalue weighted by Crippen LogP contribution is 2.29. The van der Waals surface area contributed by atoms with Crippen molar-refractivity contribution in [2.24, 2.45) is 7.05 Å². The van der Waals surface area contributed by atoms with Crippen LogP contribution in [-0.4, -0.2) is 28.7 Å². The number of benzene rings is 2. The monoisotopic (exact) mass is 427 g/mol. The van der Waals surface area contributed by atoms with E-state index < -0.39 is 6.04 Å². The first kappa shape index (κ1) is 21.7. The lowest BCUT2D eigenvalue weighted by molar-refractivity contribution is 0.0940. The molecule has 1 aromatic heterocycles. The largest absolute Gasteiger partial charge is 0.490 e. The van der Waals surface area contributed by atoms with Crippen LogP contribution in [0.4, 0.5) is 0 Å². The van der Waals surface area contributed by atoms with Gasteiger partial charge in [-0.2, -0.15) is 0 Å². The number of halogens is 1. The van der Waals surface area contributed by atoms with E-state index in [9.17, 15) is 4.79 Å². The van der Waals surface area contributed by atoms with Crippen molar-refractivity contribution in [1.82, 2.24) is 14.9 Å². The van der Waals surface area contributed by atoms with E-state index >= 15 is 0 Å². The molecular formula is C23H26ClN3O3. The first-order chi connectivity index (χ1) is 14.5.